The van der Waals surface area contributed by atoms with Crippen molar-refractivity contribution < 1.29 is 9.59 Å². The van der Waals surface area contributed by atoms with Gasteiger partial charge in [0.2, 0.25) is 0 Å². The van der Waals surface area contributed by atoms with Crippen molar-refractivity contribution in [3.63, 3.8) is 0 Å². The number of carbonyl (C=O) groups excluding carboxylic acids is 2. The number of halogens is 1. The monoisotopic (exact) mass is 294 g/mol. The van der Waals surface area contributed by atoms with Crippen LogP contribution < -0.4 is 10.6 Å². The predicted octanol–water partition coefficient (Wildman–Crippen LogP) is 1.89. The molecule has 1 aromatic carbocycles. The third-order valence-electron chi connectivity index (χ3n) is 3.37. The molecular weight excluding hydrogens is 284 g/mol. The van der Waals surface area contributed by atoms with Gasteiger partial charge in [-0.05, 0) is 36.5 Å². The van der Waals surface area contributed by atoms with Crippen LogP contribution in [0.5, 0.6) is 0 Å². The molecular formula is C12H11BrN2O2. The van der Waals surface area contributed by atoms with Gasteiger partial charge in [0.1, 0.15) is 5.54 Å². The van der Waals surface area contributed by atoms with Gasteiger partial charge in [-0.2, -0.15) is 0 Å². The quantitative estimate of drug-likeness (QED) is 0.819. The second kappa shape index (κ2) is 3.57. The standard InChI is InChI=1S/C12H11BrN2O2/c13-9-3-1-2-8(6-9)12(7-4-5-7)10(16)14-11(17)15-12/h1-3,6-7H,4-5H2,(H2,14,15,16,17). The first-order valence-electron chi connectivity index (χ1n) is 5.52. The van der Waals surface area contributed by atoms with E-state index in [4.69, 9.17) is 0 Å². The summed E-state index contributed by atoms with van der Waals surface area (Å²) in [6, 6.07) is 7.15. The zero-order chi connectivity index (χ0) is 12.0. The number of imide groups is 1. The van der Waals surface area contributed by atoms with Gasteiger partial charge in [0, 0.05) is 4.47 Å². The zero-order valence-electron chi connectivity index (χ0n) is 9.00. The lowest BCUT2D eigenvalue weighted by Gasteiger charge is -2.26. The highest BCUT2D eigenvalue weighted by molar-refractivity contribution is 9.10. The molecule has 4 nitrogen and oxygen atoms in total. The third kappa shape index (κ3) is 1.57. The number of amides is 3. The number of hydrogen-bond donors (Lipinski definition) is 2. The van der Waals surface area contributed by atoms with E-state index in [0.717, 1.165) is 22.9 Å². The zero-order valence-corrected chi connectivity index (χ0v) is 10.6. The second-order valence-electron chi connectivity index (χ2n) is 4.50. The summed E-state index contributed by atoms with van der Waals surface area (Å²) in [7, 11) is 0. The first kappa shape index (κ1) is 10.8. The van der Waals surface area contributed by atoms with Crippen LogP contribution in [-0.4, -0.2) is 11.9 Å². The van der Waals surface area contributed by atoms with Gasteiger partial charge >= 0.3 is 6.03 Å². The summed E-state index contributed by atoms with van der Waals surface area (Å²) in [6.45, 7) is 0. The molecule has 1 aromatic rings. The highest BCUT2D eigenvalue weighted by Crippen LogP contribution is 2.47. The molecule has 0 bridgehead atoms. The van der Waals surface area contributed by atoms with Crippen LogP contribution in [0, 0.1) is 5.92 Å². The van der Waals surface area contributed by atoms with Crippen LogP contribution >= 0.6 is 15.9 Å². The van der Waals surface area contributed by atoms with Crippen LogP contribution in [0.25, 0.3) is 0 Å². The van der Waals surface area contributed by atoms with Crippen molar-refractivity contribution in [2.24, 2.45) is 5.92 Å². The Morgan fingerprint density at radius 3 is 2.59 bits per heavy atom. The van der Waals surface area contributed by atoms with Crippen molar-refractivity contribution in [3.05, 3.63) is 34.3 Å². The molecule has 5 heteroatoms. The van der Waals surface area contributed by atoms with E-state index in [1.807, 2.05) is 24.3 Å². The number of nitrogens with one attached hydrogen (secondary N) is 2. The van der Waals surface area contributed by atoms with Gasteiger partial charge in [-0.3, -0.25) is 10.1 Å². The number of urea groups is 1. The van der Waals surface area contributed by atoms with Crippen molar-refractivity contribution in [1.29, 1.82) is 0 Å². The van der Waals surface area contributed by atoms with Crippen molar-refractivity contribution in [2.75, 3.05) is 0 Å². The SMILES string of the molecule is O=C1NC(=O)C(c2cccc(Br)c2)(C2CC2)N1. The molecule has 1 saturated heterocycles. The van der Waals surface area contributed by atoms with Gasteiger partial charge in [-0.15, -0.1) is 0 Å². The predicted molar refractivity (Wildman–Crippen MR) is 65.2 cm³/mol. The molecule has 1 saturated carbocycles. The average molecular weight is 295 g/mol. The Morgan fingerprint density at radius 2 is 2.06 bits per heavy atom. The first-order valence-corrected chi connectivity index (χ1v) is 6.32. The fraction of sp³-hybridized carbons (Fsp3) is 0.333. The Hall–Kier alpha value is -1.36. The van der Waals surface area contributed by atoms with Crippen LogP contribution in [-0.2, 0) is 10.3 Å². The van der Waals surface area contributed by atoms with Crippen molar-refractivity contribution >= 4 is 27.9 Å². The average Bonchev–Trinajstić information content (AvgIpc) is 3.06. The summed E-state index contributed by atoms with van der Waals surface area (Å²) in [4.78, 5) is 23.5. The summed E-state index contributed by atoms with van der Waals surface area (Å²) in [6.07, 6.45) is 1.94. The lowest BCUT2D eigenvalue weighted by Crippen LogP contribution is -2.45. The fourth-order valence-electron chi connectivity index (χ4n) is 2.45. The lowest BCUT2D eigenvalue weighted by molar-refractivity contribution is -0.125. The molecule has 1 aliphatic heterocycles. The van der Waals surface area contributed by atoms with Crippen LogP contribution in [0.2, 0.25) is 0 Å². The minimum Gasteiger partial charge on any atom is -0.319 e. The molecule has 88 valence electrons. The maximum Gasteiger partial charge on any atom is 0.322 e. The molecule has 0 aromatic heterocycles. The smallest absolute Gasteiger partial charge is 0.319 e. The van der Waals surface area contributed by atoms with Gasteiger partial charge in [0.15, 0.2) is 0 Å². The molecule has 0 radical (unpaired) electrons. The Kier molecular flexibility index (Phi) is 2.26. The molecule has 0 spiro atoms. The van der Waals surface area contributed by atoms with Crippen LogP contribution in [0.3, 0.4) is 0 Å². The van der Waals surface area contributed by atoms with E-state index in [1.54, 1.807) is 0 Å². The molecule has 1 aliphatic carbocycles. The van der Waals surface area contributed by atoms with Gasteiger partial charge < -0.3 is 5.32 Å². The Balaban J connectivity index is 2.12. The maximum atomic E-state index is 12.1. The molecule has 1 unspecified atom stereocenters. The van der Waals surface area contributed by atoms with Gasteiger partial charge in [0.05, 0.1) is 0 Å². The summed E-state index contributed by atoms with van der Waals surface area (Å²) >= 11 is 3.39. The third-order valence-corrected chi connectivity index (χ3v) is 3.86. The van der Waals surface area contributed by atoms with Crippen LogP contribution in [0.4, 0.5) is 4.79 Å². The summed E-state index contributed by atoms with van der Waals surface area (Å²) in [5.74, 6) is -0.0219. The van der Waals surface area contributed by atoms with E-state index < -0.39 is 11.6 Å². The molecule has 2 fully saturated rings. The lowest BCUT2D eigenvalue weighted by atomic mass is 9.85. The maximum absolute atomic E-state index is 12.1. The molecule has 1 heterocycles. The van der Waals surface area contributed by atoms with Gasteiger partial charge in [0.25, 0.3) is 5.91 Å². The largest absolute Gasteiger partial charge is 0.322 e. The summed E-state index contributed by atoms with van der Waals surface area (Å²) in [5, 5.41) is 5.14. The normalized spacial score (nSPS) is 27.8. The van der Waals surface area contributed by atoms with Crippen molar-refractivity contribution in [1.82, 2.24) is 10.6 Å². The Bertz CT molecular complexity index is 513. The van der Waals surface area contributed by atoms with Crippen molar-refractivity contribution in [3.8, 4) is 0 Å². The van der Waals surface area contributed by atoms with E-state index in [-0.39, 0.29) is 11.8 Å². The molecule has 17 heavy (non-hydrogen) atoms. The Morgan fingerprint density at radius 1 is 1.29 bits per heavy atom. The molecule has 2 aliphatic rings. The number of carbonyl (C=O) groups is 2. The van der Waals surface area contributed by atoms with Gasteiger partial charge in [-0.1, -0.05) is 28.1 Å². The molecule has 1 atom stereocenters. The number of hydrogen-bond acceptors (Lipinski definition) is 2. The van der Waals surface area contributed by atoms with E-state index in [0.29, 0.717) is 0 Å². The number of rotatable bonds is 2. The molecule has 2 N–H and O–H groups in total. The van der Waals surface area contributed by atoms with E-state index in [1.165, 1.54) is 0 Å². The molecule has 3 rings (SSSR count). The van der Waals surface area contributed by atoms with E-state index >= 15 is 0 Å². The summed E-state index contributed by atoms with van der Waals surface area (Å²) < 4.78 is 0.906. The molecule has 3 amide bonds. The fourth-order valence-corrected chi connectivity index (χ4v) is 2.84. The van der Waals surface area contributed by atoms with Gasteiger partial charge in [-0.25, -0.2) is 4.79 Å². The van der Waals surface area contributed by atoms with Crippen molar-refractivity contribution in [2.45, 2.75) is 18.4 Å². The second-order valence-corrected chi connectivity index (χ2v) is 5.42. The highest BCUT2D eigenvalue weighted by Gasteiger charge is 2.57. The topological polar surface area (TPSA) is 58.2 Å². The first-order chi connectivity index (χ1) is 8.13. The minimum atomic E-state index is -0.860. The van der Waals surface area contributed by atoms with Crippen LogP contribution in [0.15, 0.2) is 28.7 Å². The minimum absolute atomic E-state index is 0.211. The highest BCUT2D eigenvalue weighted by atomic mass is 79.9. The van der Waals surface area contributed by atoms with E-state index in [2.05, 4.69) is 26.6 Å². The van der Waals surface area contributed by atoms with Crippen LogP contribution in [0.1, 0.15) is 18.4 Å². The summed E-state index contributed by atoms with van der Waals surface area (Å²) in [5.41, 5.74) is -0.0151. The van der Waals surface area contributed by atoms with E-state index in [9.17, 15) is 9.59 Å². The number of benzene rings is 1. The Labute approximate surface area is 107 Å².